The highest BCUT2D eigenvalue weighted by Gasteiger charge is 2.27. The average molecular weight is 489 g/mol. The highest BCUT2D eigenvalue weighted by atomic mass is 32.2. The molecule has 7 nitrogen and oxygen atoms in total. The SMILES string of the molecule is Cc1ccc(N(CC(=O)NCc2ccc(-n3ccnc3C)cc2)S(=O)(=O)c2ccccc2)cc1C. The van der Waals surface area contributed by atoms with Crippen molar-refractivity contribution in [3.63, 3.8) is 0 Å². The number of anilines is 1. The number of sulfonamides is 1. The Morgan fingerprint density at radius 3 is 2.29 bits per heavy atom. The summed E-state index contributed by atoms with van der Waals surface area (Å²) in [4.78, 5) is 17.3. The lowest BCUT2D eigenvalue weighted by Crippen LogP contribution is -2.40. The van der Waals surface area contributed by atoms with Crippen LogP contribution >= 0.6 is 0 Å². The molecule has 0 saturated carbocycles. The summed E-state index contributed by atoms with van der Waals surface area (Å²) in [5, 5.41) is 2.85. The first-order chi connectivity index (χ1) is 16.8. The fourth-order valence-electron chi connectivity index (χ4n) is 3.73. The van der Waals surface area contributed by atoms with Crippen LogP contribution in [0.25, 0.3) is 5.69 Å². The van der Waals surface area contributed by atoms with E-state index in [4.69, 9.17) is 0 Å². The standard InChI is InChI=1S/C27H28N4O3S/c1-20-9-12-25(17-21(20)2)31(35(33,34)26-7-5-4-6-8-26)19-27(32)29-18-23-10-13-24(14-11-23)30-16-15-28-22(30)3/h4-17H,18-19H2,1-3H3,(H,29,32). The molecule has 1 amide bonds. The number of hydrogen-bond donors (Lipinski definition) is 1. The number of aryl methyl sites for hydroxylation is 3. The van der Waals surface area contributed by atoms with Crippen LogP contribution in [0.2, 0.25) is 0 Å². The van der Waals surface area contributed by atoms with Gasteiger partial charge in [-0.3, -0.25) is 9.10 Å². The summed E-state index contributed by atoms with van der Waals surface area (Å²) >= 11 is 0. The maximum Gasteiger partial charge on any atom is 0.264 e. The smallest absolute Gasteiger partial charge is 0.264 e. The Labute approximate surface area is 206 Å². The number of aromatic nitrogens is 2. The first-order valence-electron chi connectivity index (χ1n) is 11.3. The van der Waals surface area contributed by atoms with Crippen LogP contribution in [0.4, 0.5) is 5.69 Å². The Bertz CT molecular complexity index is 1430. The van der Waals surface area contributed by atoms with Gasteiger partial charge in [-0.15, -0.1) is 0 Å². The number of nitrogens with one attached hydrogen (secondary N) is 1. The number of rotatable bonds is 8. The molecule has 4 aromatic rings. The second-order valence-electron chi connectivity index (χ2n) is 8.38. The van der Waals surface area contributed by atoms with Gasteiger partial charge in [-0.05, 0) is 73.9 Å². The van der Waals surface area contributed by atoms with E-state index < -0.39 is 15.9 Å². The van der Waals surface area contributed by atoms with Crippen LogP contribution in [0.1, 0.15) is 22.5 Å². The van der Waals surface area contributed by atoms with Crippen molar-refractivity contribution in [1.82, 2.24) is 14.9 Å². The number of carbonyl (C=O) groups excluding carboxylic acids is 1. The molecule has 8 heteroatoms. The van der Waals surface area contributed by atoms with Crippen LogP contribution in [0.3, 0.4) is 0 Å². The van der Waals surface area contributed by atoms with Gasteiger partial charge in [0.1, 0.15) is 12.4 Å². The molecule has 4 rings (SSSR count). The number of benzene rings is 3. The summed E-state index contributed by atoms with van der Waals surface area (Å²) in [6, 6.07) is 21.3. The molecule has 0 aliphatic heterocycles. The lowest BCUT2D eigenvalue weighted by Gasteiger charge is -2.25. The molecule has 0 atom stereocenters. The van der Waals surface area contributed by atoms with Crippen LogP contribution in [0.15, 0.2) is 90.1 Å². The third-order valence-electron chi connectivity index (χ3n) is 5.93. The fourth-order valence-corrected chi connectivity index (χ4v) is 5.16. The van der Waals surface area contributed by atoms with Crippen molar-refractivity contribution in [2.24, 2.45) is 0 Å². The molecule has 0 fully saturated rings. The summed E-state index contributed by atoms with van der Waals surface area (Å²) in [6.45, 7) is 5.77. The van der Waals surface area contributed by atoms with Crippen molar-refractivity contribution in [3.8, 4) is 5.69 Å². The lowest BCUT2D eigenvalue weighted by molar-refractivity contribution is -0.119. The van der Waals surface area contributed by atoms with Gasteiger partial charge in [0.05, 0.1) is 10.6 Å². The van der Waals surface area contributed by atoms with Crippen molar-refractivity contribution < 1.29 is 13.2 Å². The second kappa shape index (κ2) is 10.1. The molecule has 3 aromatic carbocycles. The van der Waals surface area contributed by atoms with Crippen molar-refractivity contribution in [1.29, 1.82) is 0 Å². The van der Waals surface area contributed by atoms with E-state index >= 15 is 0 Å². The van der Waals surface area contributed by atoms with Crippen molar-refractivity contribution in [2.75, 3.05) is 10.8 Å². The normalized spacial score (nSPS) is 11.3. The average Bonchev–Trinajstić information content (AvgIpc) is 3.29. The maximum atomic E-state index is 13.5. The van der Waals surface area contributed by atoms with Crippen molar-refractivity contribution in [3.05, 3.63) is 108 Å². The first-order valence-corrected chi connectivity index (χ1v) is 12.7. The molecule has 0 radical (unpaired) electrons. The highest BCUT2D eigenvalue weighted by Crippen LogP contribution is 2.25. The van der Waals surface area contributed by atoms with Crippen LogP contribution in [-0.4, -0.2) is 30.4 Å². The number of nitrogens with zero attached hydrogens (tertiary/aromatic N) is 3. The molecule has 0 aliphatic carbocycles. The van der Waals surface area contributed by atoms with E-state index in [9.17, 15) is 13.2 Å². The molecule has 1 aromatic heterocycles. The van der Waals surface area contributed by atoms with Gasteiger partial charge < -0.3 is 9.88 Å². The predicted molar refractivity (Wildman–Crippen MR) is 137 cm³/mol. The van der Waals surface area contributed by atoms with Crippen molar-refractivity contribution in [2.45, 2.75) is 32.2 Å². The monoisotopic (exact) mass is 488 g/mol. The summed E-state index contributed by atoms with van der Waals surface area (Å²) in [5.41, 5.74) is 4.33. The number of carbonyl (C=O) groups is 1. The van der Waals surface area contributed by atoms with E-state index in [2.05, 4.69) is 10.3 Å². The molecular weight excluding hydrogens is 460 g/mol. The van der Waals surface area contributed by atoms with Gasteiger partial charge in [0, 0.05) is 24.6 Å². The Balaban J connectivity index is 1.51. The zero-order valence-electron chi connectivity index (χ0n) is 20.0. The van der Waals surface area contributed by atoms with E-state index in [1.807, 2.05) is 61.9 Å². The van der Waals surface area contributed by atoms with Crippen LogP contribution < -0.4 is 9.62 Å². The molecule has 0 bridgehead atoms. The van der Waals surface area contributed by atoms with Crippen LogP contribution in [0, 0.1) is 20.8 Å². The number of hydrogen-bond acceptors (Lipinski definition) is 4. The van der Waals surface area contributed by atoms with Crippen LogP contribution in [-0.2, 0) is 21.4 Å². The minimum Gasteiger partial charge on any atom is -0.350 e. The molecule has 0 spiro atoms. The van der Waals surface area contributed by atoms with Gasteiger partial charge in [-0.1, -0.05) is 36.4 Å². The Kier molecular flexibility index (Phi) is 7.02. The zero-order chi connectivity index (χ0) is 25.0. The molecule has 180 valence electrons. The Hall–Kier alpha value is -3.91. The molecule has 1 N–H and O–H groups in total. The van der Waals surface area contributed by atoms with E-state index in [0.717, 1.165) is 32.5 Å². The van der Waals surface area contributed by atoms with Gasteiger partial charge in [-0.2, -0.15) is 0 Å². The van der Waals surface area contributed by atoms with Crippen LogP contribution in [0.5, 0.6) is 0 Å². The van der Waals surface area contributed by atoms with Gasteiger partial charge in [0.25, 0.3) is 10.0 Å². The zero-order valence-corrected chi connectivity index (χ0v) is 20.8. The molecule has 0 unspecified atom stereocenters. The quantitative estimate of drug-likeness (QED) is 0.401. The third kappa shape index (κ3) is 5.44. The molecule has 0 saturated heterocycles. The van der Waals surface area contributed by atoms with E-state index in [-0.39, 0.29) is 18.0 Å². The third-order valence-corrected chi connectivity index (χ3v) is 7.71. The lowest BCUT2D eigenvalue weighted by atomic mass is 10.1. The largest absolute Gasteiger partial charge is 0.350 e. The minimum absolute atomic E-state index is 0.136. The van der Waals surface area contributed by atoms with Gasteiger partial charge in [0.2, 0.25) is 5.91 Å². The topological polar surface area (TPSA) is 84.3 Å². The van der Waals surface area contributed by atoms with Crippen molar-refractivity contribution >= 4 is 21.6 Å². The summed E-state index contributed by atoms with van der Waals surface area (Å²) < 4.78 is 30.0. The van der Waals surface area contributed by atoms with E-state index in [1.165, 1.54) is 12.1 Å². The number of imidazole rings is 1. The molecular formula is C27H28N4O3S. The Morgan fingerprint density at radius 2 is 1.66 bits per heavy atom. The summed E-state index contributed by atoms with van der Waals surface area (Å²) in [7, 11) is -3.93. The second-order valence-corrected chi connectivity index (χ2v) is 10.2. The van der Waals surface area contributed by atoms with Gasteiger partial charge in [-0.25, -0.2) is 13.4 Å². The van der Waals surface area contributed by atoms with E-state index in [1.54, 1.807) is 36.5 Å². The predicted octanol–water partition coefficient (Wildman–Crippen LogP) is 4.31. The number of amides is 1. The summed E-state index contributed by atoms with van der Waals surface area (Å²) in [6.07, 6.45) is 3.63. The van der Waals surface area contributed by atoms with Gasteiger partial charge >= 0.3 is 0 Å². The molecule has 0 aliphatic rings. The van der Waals surface area contributed by atoms with Gasteiger partial charge in [0.15, 0.2) is 0 Å². The Morgan fingerprint density at radius 1 is 0.943 bits per heavy atom. The molecule has 35 heavy (non-hydrogen) atoms. The minimum atomic E-state index is -3.93. The maximum absolute atomic E-state index is 13.5. The van der Waals surface area contributed by atoms with E-state index in [0.29, 0.717) is 5.69 Å². The summed E-state index contributed by atoms with van der Waals surface area (Å²) in [5.74, 6) is 0.495. The molecule has 1 heterocycles. The fraction of sp³-hybridized carbons (Fsp3) is 0.185. The first kappa shape index (κ1) is 24.2. The highest BCUT2D eigenvalue weighted by molar-refractivity contribution is 7.92.